The highest BCUT2D eigenvalue weighted by Gasteiger charge is 2.17. The molecule has 0 atom stereocenters. The van der Waals surface area contributed by atoms with E-state index in [1.165, 1.54) is 0 Å². The monoisotopic (exact) mass is 505 g/mol. The van der Waals surface area contributed by atoms with Gasteiger partial charge in [0.25, 0.3) is 0 Å². The zero-order valence-corrected chi connectivity index (χ0v) is 16.8. The molecule has 3 rings (SSSR count). The van der Waals surface area contributed by atoms with Crippen LogP contribution in [0.3, 0.4) is 0 Å². The van der Waals surface area contributed by atoms with Crippen molar-refractivity contribution in [1.82, 2.24) is 0 Å². The fourth-order valence-corrected chi connectivity index (χ4v) is 2.82. The first-order valence-electron chi connectivity index (χ1n) is 6.95. The number of ether oxygens (including phenoxy) is 3. The summed E-state index contributed by atoms with van der Waals surface area (Å²) in [5.41, 5.74) is 7.67. The molecule has 1 aliphatic heterocycles. The summed E-state index contributed by atoms with van der Waals surface area (Å²) < 4.78 is 16.9. The molecule has 0 fully saturated rings. The third-order valence-corrected chi connectivity index (χ3v) is 3.88. The predicted molar refractivity (Wildman–Crippen MR) is 108 cm³/mol. The summed E-state index contributed by atoms with van der Waals surface area (Å²) in [6.07, 6.45) is 0. The van der Waals surface area contributed by atoms with Gasteiger partial charge in [0.15, 0.2) is 17.5 Å². The van der Waals surface area contributed by atoms with E-state index in [9.17, 15) is 0 Å². The average molecular weight is 506 g/mol. The van der Waals surface area contributed by atoms with Crippen LogP contribution in [0.25, 0.3) is 0 Å². The summed E-state index contributed by atoms with van der Waals surface area (Å²) in [6.45, 7) is 0.654. The topological polar surface area (TPSA) is 78.1 Å². The van der Waals surface area contributed by atoms with Gasteiger partial charge in [0.2, 0.25) is 6.79 Å². The van der Waals surface area contributed by atoms with Crippen molar-refractivity contribution in [3.63, 3.8) is 0 Å². The number of rotatable bonds is 4. The first kappa shape index (κ1) is 18.7. The largest absolute Gasteiger partial charge is 0.495 e. The van der Waals surface area contributed by atoms with Crippen LogP contribution in [0.15, 0.2) is 45.9 Å². The Morgan fingerprint density at radius 2 is 2.12 bits per heavy atom. The van der Waals surface area contributed by atoms with Crippen molar-refractivity contribution in [1.29, 1.82) is 0 Å². The number of fused-ring (bicyclic) bond motifs is 1. The highest BCUT2D eigenvalue weighted by molar-refractivity contribution is 14.0. The molecule has 0 unspecified atom stereocenters. The molecule has 0 aliphatic carbocycles. The Labute approximate surface area is 165 Å². The lowest BCUT2D eigenvalue weighted by atomic mass is 10.2. The Bertz CT molecular complexity index is 755. The molecule has 0 saturated heterocycles. The highest BCUT2D eigenvalue weighted by atomic mass is 127. The van der Waals surface area contributed by atoms with Crippen LogP contribution in [0.4, 0.5) is 5.69 Å². The van der Waals surface area contributed by atoms with E-state index in [4.69, 9.17) is 19.9 Å². The molecule has 24 heavy (non-hydrogen) atoms. The number of halogens is 2. The minimum Gasteiger partial charge on any atom is -0.495 e. The number of anilines is 1. The van der Waals surface area contributed by atoms with Crippen LogP contribution in [0.2, 0.25) is 0 Å². The standard InChI is InChI=1S/C16H16BrN3O3.HI/c1-21-13-5-3-2-4-12(13)20-16(18)19-8-10-6-11(17)15-14(7-10)22-9-23-15;/h2-7H,8-9H2,1H3,(H3,18,19,20);1H. The molecular weight excluding hydrogens is 489 g/mol. The molecular formula is C16H17BrIN3O3. The molecule has 3 N–H and O–H groups in total. The van der Waals surface area contributed by atoms with Gasteiger partial charge in [0, 0.05) is 0 Å². The van der Waals surface area contributed by atoms with Gasteiger partial charge in [-0.05, 0) is 45.8 Å². The van der Waals surface area contributed by atoms with E-state index in [0.29, 0.717) is 24.0 Å². The third-order valence-electron chi connectivity index (χ3n) is 3.29. The maximum atomic E-state index is 5.94. The van der Waals surface area contributed by atoms with Gasteiger partial charge in [0.1, 0.15) is 5.75 Å². The van der Waals surface area contributed by atoms with Crippen molar-refractivity contribution in [3.05, 3.63) is 46.4 Å². The molecule has 0 radical (unpaired) electrons. The van der Waals surface area contributed by atoms with Gasteiger partial charge >= 0.3 is 0 Å². The second-order valence-electron chi connectivity index (χ2n) is 4.84. The van der Waals surface area contributed by atoms with Crippen LogP contribution in [0, 0.1) is 0 Å². The van der Waals surface area contributed by atoms with E-state index < -0.39 is 0 Å². The van der Waals surface area contributed by atoms with Gasteiger partial charge in [-0.3, -0.25) is 0 Å². The molecule has 1 aliphatic rings. The second-order valence-corrected chi connectivity index (χ2v) is 5.69. The predicted octanol–water partition coefficient (Wildman–Crippen LogP) is 3.73. The van der Waals surface area contributed by atoms with Crippen LogP contribution in [-0.2, 0) is 6.54 Å². The van der Waals surface area contributed by atoms with E-state index in [2.05, 4.69) is 26.2 Å². The van der Waals surface area contributed by atoms with Crippen LogP contribution < -0.4 is 25.3 Å². The lowest BCUT2D eigenvalue weighted by Crippen LogP contribution is -2.22. The van der Waals surface area contributed by atoms with Crippen molar-refractivity contribution in [2.24, 2.45) is 10.7 Å². The Morgan fingerprint density at radius 1 is 1.33 bits per heavy atom. The first-order valence-corrected chi connectivity index (χ1v) is 7.74. The molecule has 1 heterocycles. The summed E-state index contributed by atoms with van der Waals surface area (Å²) in [6, 6.07) is 11.3. The van der Waals surface area contributed by atoms with Gasteiger partial charge in [0.05, 0.1) is 23.8 Å². The molecule has 0 bridgehead atoms. The number of hydrogen-bond acceptors (Lipinski definition) is 4. The number of nitrogens with two attached hydrogens (primary N) is 1. The van der Waals surface area contributed by atoms with Crippen LogP contribution in [0.5, 0.6) is 17.2 Å². The van der Waals surface area contributed by atoms with Gasteiger partial charge < -0.3 is 25.3 Å². The van der Waals surface area contributed by atoms with Gasteiger partial charge in [-0.1, -0.05) is 12.1 Å². The molecule has 0 amide bonds. The average Bonchev–Trinajstić information content (AvgIpc) is 3.02. The Hall–Kier alpha value is -1.68. The normalized spacial score (nSPS) is 12.5. The fraction of sp³-hybridized carbons (Fsp3) is 0.188. The summed E-state index contributed by atoms with van der Waals surface area (Å²) >= 11 is 3.46. The molecule has 0 aromatic heterocycles. The van der Waals surface area contributed by atoms with Crippen molar-refractivity contribution in [3.8, 4) is 17.2 Å². The van der Waals surface area contributed by atoms with Crippen molar-refractivity contribution >= 4 is 51.6 Å². The van der Waals surface area contributed by atoms with Gasteiger partial charge in [-0.2, -0.15) is 0 Å². The summed E-state index contributed by atoms with van der Waals surface area (Å²) in [7, 11) is 1.61. The number of para-hydroxylation sites is 2. The quantitative estimate of drug-likeness (QED) is 0.376. The van der Waals surface area contributed by atoms with Gasteiger partial charge in [-0.15, -0.1) is 24.0 Å². The number of benzene rings is 2. The second kappa shape index (κ2) is 8.43. The van der Waals surface area contributed by atoms with E-state index in [1.54, 1.807) is 7.11 Å². The van der Waals surface area contributed by atoms with Crippen LogP contribution >= 0.6 is 39.9 Å². The lowest BCUT2D eigenvalue weighted by Gasteiger charge is -2.10. The zero-order valence-electron chi connectivity index (χ0n) is 12.9. The van der Waals surface area contributed by atoms with Crippen molar-refractivity contribution < 1.29 is 14.2 Å². The third kappa shape index (κ3) is 4.23. The summed E-state index contributed by atoms with van der Waals surface area (Å²) in [5.74, 6) is 2.44. The Kier molecular flexibility index (Phi) is 6.55. The summed E-state index contributed by atoms with van der Waals surface area (Å²) in [5, 5.41) is 3.03. The van der Waals surface area contributed by atoms with E-state index in [0.717, 1.165) is 21.5 Å². The number of hydrogen-bond donors (Lipinski definition) is 2. The first-order chi connectivity index (χ1) is 11.2. The molecule has 128 valence electrons. The maximum absolute atomic E-state index is 5.94. The van der Waals surface area contributed by atoms with Gasteiger partial charge in [-0.25, -0.2) is 4.99 Å². The van der Waals surface area contributed by atoms with Crippen LogP contribution in [0.1, 0.15) is 5.56 Å². The number of nitrogens with one attached hydrogen (secondary N) is 1. The molecule has 8 heteroatoms. The maximum Gasteiger partial charge on any atom is 0.231 e. The van der Waals surface area contributed by atoms with Crippen molar-refractivity contribution in [2.45, 2.75) is 6.54 Å². The lowest BCUT2D eigenvalue weighted by molar-refractivity contribution is 0.173. The molecule has 2 aromatic carbocycles. The fourth-order valence-electron chi connectivity index (χ4n) is 2.21. The molecule has 2 aromatic rings. The SMILES string of the molecule is COc1ccccc1NC(N)=NCc1cc(Br)c2c(c1)OCO2.I. The van der Waals surface area contributed by atoms with E-state index in [-0.39, 0.29) is 30.8 Å². The Morgan fingerprint density at radius 3 is 2.92 bits per heavy atom. The molecule has 0 saturated carbocycles. The summed E-state index contributed by atoms with van der Waals surface area (Å²) in [4.78, 5) is 4.34. The number of guanidine groups is 1. The van der Waals surface area contributed by atoms with Crippen LogP contribution in [-0.4, -0.2) is 19.9 Å². The van der Waals surface area contributed by atoms with Crippen molar-refractivity contribution in [2.75, 3.05) is 19.2 Å². The minimum atomic E-state index is 0. The minimum absolute atomic E-state index is 0. The molecule has 6 nitrogen and oxygen atoms in total. The number of aliphatic imine (C=N–C) groups is 1. The van der Waals surface area contributed by atoms with E-state index in [1.807, 2.05) is 36.4 Å². The number of nitrogens with zero attached hydrogens (tertiary/aromatic N) is 1. The zero-order chi connectivity index (χ0) is 16.2. The van der Waals surface area contributed by atoms with E-state index >= 15 is 0 Å². The highest BCUT2D eigenvalue weighted by Crippen LogP contribution is 2.40. The smallest absolute Gasteiger partial charge is 0.231 e. The Balaban J connectivity index is 0.00000208. The number of methoxy groups -OCH3 is 1. The molecule has 0 spiro atoms.